The molecule has 1 aliphatic heterocycles. The molecule has 1 heterocycles. The molecule has 1 saturated heterocycles. The van der Waals surface area contributed by atoms with Crippen LogP contribution < -0.4 is 5.32 Å². The molecule has 16 heavy (non-hydrogen) atoms. The van der Waals surface area contributed by atoms with Crippen molar-refractivity contribution in [1.29, 1.82) is 0 Å². The summed E-state index contributed by atoms with van der Waals surface area (Å²) in [6.45, 7) is 10.9. The second-order valence-electron chi connectivity index (χ2n) is 5.38. The lowest BCUT2D eigenvalue weighted by Gasteiger charge is -2.27. The number of hydrogen-bond donors (Lipinski definition) is 1. The van der Waals surface area contributed by atoms with Crippen LogP contribution in [0.5, 0.6) is 0 Å². The lowest BCUT2D eigenvalue weighted by atomic mass is 10.1. The molecule has 0 bridgehead atoms. The van der Waals surface area contributed by atoms with Crippen molar-refractivity contribution in [1.82, 2.24) is 10.2 Å². The second-order valence-corrected chi connectivity index (χ2v) is 5.38. The molecule has 0 aromatic carbocycles. The first-order valence-corrected chi connectivity index (χ1v) is 7.26. The summed E-state index contributed by atoms with van der Waals surface area (Å²) in [4.78, 5) is 2.68. The Labute approximate surface area is 102 Å². The van der Waals surface area contributed by atoms with Gasteiger partial charge in [0.05, 0.1) is 0 Å². The third-order valence-electron chi connectivity index (χ3n) is 3.44. The Balaban J connectivity index is 2.12. The van der Waals surface area contributed by atoms with E-state index in [-0.39, 0.29) is 0 Å². The number of likely N-dealkylation sites (tertiary alicyclic amines) is 1. The van der Waals surface area contributed by atoms with Gasteiger partial charge in [-0.15, -0.1) is 0 Å². The lowest BCUT2D eigenvalue weighted by molar-refractivity contribution is 0.215. The van der Waals surface area contributed by atoms with Crippen molar-refractivity contribution in [3.63, 3.8) is 0 Å². The minimum atomic E-state index is 0.797. The maximum absolute atomic E-state index is 3.53. The lowest BCUT2D eigenvalue weighted by Crippen LogP contribution is -2.35. The fourth-order valence-electron chi connectivity index (χ4n) is 2.53. The molecule has 0 radical (unpaired) electrons. The molecule has 0 aliphatic carbocycles. The maximum atomic E-state index is 3.53. The van der Waals surface area contributed by atoms with Crippen LogP contribution in [-0.4, -0.2) is 37.6 Å². The van der Waals surface area contributed by atoms with Crippen LogP contribution in [0.1, 0.15) is 52.4 Å². The predicted molar refractivity (Wildman–Crippen MR) is 71.8 cm³/mol. The molecule has 2 heteroatoms. The Morgan fingerprint density at radius 2 is 1.69 bits per heavy atom. The van der Waals surface area contributed by atoms with Gasteiger partial charge in [0.1, 0.15) is 0 Å². The summed E-state index contributed by atoms with van der Waals surface area (Å²) < 4.78 is 0. The van der Waals surface area contributed by atoms with Crippen molar-refractivity contribution in [2.75, 3.05) is 32.7 Å². The van der Waals surface area contributed by atoms with E-state index in [9.17, 15) is 0 Å². The maximum Gasteiger partial charge on any atom is 0.00191 e. The summed E-state index contributed by atoms with van der Waals surface area (Å²) in [5.41, 5.74) is 0. The molecule has 1 atom stereocenters. The van der Waals surface area contributed by atoms with Crippen molar-refractivity contribution in [2.45, 2.75) is 52.4 Å². The smallest absolute Gasteiger partial charge is 0.00191 e. The number of rotatable bonds is 6. The summed E-state index contributed by atoms with van der Waals surface area (Å²) in [5.74, 6) is 0.797. The van der Waals surface area contributed by atoms with Gasteiger partial charge in [-0.3, -0.25) is 0 Å². The summed E-state index contributed by atoms with van der Waals surface area (Å²) in [6, 6.07) is 0. The fourth-order valence-corrected chi connectivity index (χ4v) is 2.53. The van der Waals surface area contributed by atoms with Gasteiger partial charge in [0, 0.05) is 6.54 Å². The highest BCUT2D eigenvalue weighted by molar-refractivity contribution is 4.67. The van der Waals surface area contributed by atoms with Crippen LogP contribution in [0.2, 0.25) is 0 Å². The van der Waals surface area contributed by atoms with E-state index in [0.29, 0.717) is 0 Å². The molecule has 0 saturated carbocycles. The van der Waals surface area contributed by atoms with Gasteiger partial charge in [0.15, 0.2) is 0 Å². The van der Waals surface area contributed by atoms with Gasteiger partial charge in [0.2, 0.25) is 0 Å². The van der Waals surface area contributed by atoms with Crippen LogP contribution in [0.4, 0.5) is 0 Å². The van der Waals surface area contributed by atoms with E-state index in [0.717, 1.165) is 5.92 Å². The summed E-state index contributed by atoms with van der Waals surface area (Å²) in [7, 11) is 0. The Hall–Kier alpha value is -0.0800. The van der Waals surface area contributed by atoms with E-state index in [1.165, 1.54) is 71.2 Å². The van der Waals surface area contributed by atoms with E-state index in [4.69, 9.17) is 0 Å². The highest BCUT2D eigenvalue weighted by Gasteiger charge is 2.11. The number of nitrogens with zero attached hydrogens (tertiary/aromatic N) is 1. The van der Waals surface area contributed by atoms with Gasteiger partial charge in [-0.1, -0.05) is 33.1 Å². The first-order valence-electron chi connectivity index (χ1n) is 7.26. The average Bonchev–Trinajstić information content (AvgIpc) is 2.22. The van der Waals surface area contributed by atoms with Crippen molar-refractivity contribution >= 4 is 0 Å². The third-order valence-corrected chi connectivity index (χ3v) is 3.44. The molecule has 0 amide bonds. The number of hydrogen-bond acceptors (Lipinski definition) is 2. The quantitative estimate of drug-likeness (QED) is 0.701. The Bertz CT molecular complexity index is 151. The topological polar surface area (TPSA) is 15.3 Å². The van der Waals surface area contributed by atoms with Crippen LogP contribution in [-0.2, 0) is 0 Å². The molecule has 1 unspecified atom stereocenters. The highest BCUT2D eigenvalue weighted by atomic mass is 15.1. The third kappa shape index (κ3) is 6.49. The zero-order chi connectivity index (χ0) is 11.6. The molecule has 1 rings (SSSR count). The first kappa shape index (κ1) is 14.0. The normalized spacial score (nSPS) is 21.4. The number of nitrogens with one attached hydrogen (secondary N) is 1. The molecule has 1 aliphatic rings. The summed E-state index contributed by atoms with van der Waals surface area (Å²) in [5, 5.41) is 3.53. The fraction of sp³-hybridized carbons (Fsp3) is 1.00. The van der Waals surface area contributed by atoms with Crippen molar-refractivity contribution in [3.05, 3.63) is 0 Å². The standard InChI is InChI=1S/C14H30N2/c1-3-9-15-12-14(2)13-16-10-7-5-4-6-8-11-16/h14-15H,3-13H2,1-2H3. The van der Waals surface area contributed by atoms with Gasteiger partial charge in [-0.2, -0.15) is 0 Å². The zero-order valence-corrected chi connectivity index (χ0v) is 11.3. The minimum Gasteiger partial charge on any atom is -0.316 e. The van der Waals surface area contributed by atoms with E-state index in [1.807, 2.05) is 0 Å². The molecular weight excluding hydrogens is 196 g/mol. The molecule has 1 N–H and O–H groups in total. The first-order chi connectivity index (χ1) is 7.83. The molecule has 0 aromatic heterocycles. The van der Waals surface area contributed by atoms with Crippen LogP contribution in [0.3, 0.4) is 0 Å². The second kappa shape index (κ2) is 9.00. The summed E-state index contributed by atoms with van der Waals surface area (Å²) in [6.07, 6.45) is 8.42. The van der Waals surface area contributed by atoms with Gasteiger partial charge in [-0.05, 0) is 51.4 Å². The van der Waals surface area contributed by atoms with Crippen molar-refractivity contribution in [2.24, 2.45) is 5.92 Å². The molecule has 0 spiro atoms. The van der Waals surface area contributed by atoms with Crippen LogP contribution >= 0.6 is 0 Å². The summed E-state index contributed by atoms with van der Waals surface area (Å²) >= 11 is 0. The van der Waals surface area contributed by atoms with Gasteiger partial charge < -0.3 is 10.2 Å². The molecular formula is C14H30N2. The molecule has 1 fully saturated rings. The van der Waals surface area contributed by atoms with Crippen molar-refractivity contribution < 1.29 is 0 Å². The van der Waals surface area contributed by atoms with Crippen LogP contribution in [0, 0.1) is 5.92 Å². The molecule has 2 nitrogen and oxygen atoms in total. The van der Waals surface area contributed by atoms with E-state index in [1.54, 1.807) is 0 Å². The highest BCUT2D eigenvalue weighted by Crippen LogP contribution is 2.11. The van der Waals surface area contributed by atoms with E-state index < -0.39 is 0 Å². The zero-order valence-electron chi connectivity index (χ0n) is 11.3. The van der Waals surface area contributed by atoms with Gasteiger partial charge >= 0.3 is 0 Å². The van der Waals surface area contributed by atoms with Crippen LogP contribution in [0.15, 0.2) is 0 Å². The largest absolute Gasteiger partial charge is 0.316 e. The van der Waals surface area contributed by atoms with Crippen molar-refractivity contribution in [3.8, 4) is 0 Å². The van der Waals surface area contributed by atoms with E-state index in [2.05, 4.69) is 24.1 Å². The van der Waals surface area contributed by atoms with Gasteiger partial charge in [0.25, 0.3) is 0 Å². The molecule has 0 aromatic rings. The average molecular weight is 226 g/mol. The minimum absolute atomic E-state index is 0.797. The van der Waals surface area contributed by atoms with Crippen LogP contribution in [0.25, 0.3) is 0 Å². The Morgan fingerprint density at radius 1 is 1.06 bits per heavy atom. The predicted octanol–water partition coefficient (Wildman–Crippen LogP) is 2.89. The molecule has 96 valence electrons. The Kier molecular flexibility index (Phi) is 7.87. The SMILES string of the molecule is CCCNCC(C)CN1CCCCCCC1. The Morgan fingerprint density at radius 3 is 2.31 bits per heavy atom. The van der Waals surface area contributed by atoms with Gasteiger partial charge in [-0.25, -0.2) is 0 Å². The monoisotopic (exact) mass is 226 g/mol. The van der Waals surface area contributed by atoms with E-state index >= 15 is 0 Å².